The lowest BCUT2D eigenvalue weighted by atomic mass is 10.2. The minimum Gasteiger partial charge on any atom is -0.447 e. The van der Waals surface area contributed by atoms with Crippen LogP contribution in [0.15, 0.2) is 81.8 Å². The maximum absolute atomic E-state index is 13.2. The number of hydrogen-bond acceptors (Lipinski definition) is 5. The highest BCUT2D eigenvalue weighted by molar-refractivity contribution is 9.10. The van der Waals surface area contributed by atoms with Gasteiger partial charge in [0.25, 0.3) is 5.56 Å². The molecule has 2 aromatic heterocycles. The van der Waals surface area contributed by atoms with E-state index >= 15 is 0 Å². The van der Waals surface area contributed by atoms with Crippen molar-refractivity contribution in [1.29, 1.82) is 0 Å². The molecule has 0 aliphatic carbocycles. The average Bonchev–Trinajstić information content (AvgIpc) is 3.13. The molecule has 0 bridgehead atoms. The highest BCUT2D eigenvalue weighted by Gasteiger charge is 2.13. The number of fused-ring (bicyclic) bond motifs is 1. The van der Waals surface area contributed by atoms with Crippen molar-refractivity contribution >= 4 is 60.7 Å². The normalized spacial score (nSPS) is 11.6. The average molecular weight is 575 g/mol. The summed E-state index contributed by atoms with van der Waals surface area (Å²) in [5, 5.41) is 5.71. The highest BCUT2D eigenvalue weighted by Crippen LogP contribution is 2.35. The number of unbranched alkanes of at least 4 members (excludes halogenated alkanes) is 1. The number of halogens is 2. The fourth-order valence-electron chi connectivity index (χ4n) is 3.14. The summed E-state index contributed by atoms with van der Waals surface area (Å²) in [6.45, 7) is 4.17. The molecule has 164 valence electrons. The molecule has 2 heterocycles. The number of hydrogen-bond donors (Lipinski definition) is 0. The van der Waals surface area contributed by atoms with Crippen LogP contribution in [0.1, 0.15) is 36.9 Å². The molecule has 0 amide bonds. The highest BCUT2D eigenvalue weighted by atomic mass is 79.9. The predicted octanol–water partition coefficient (Wildman–Crippen LogP) is 7.20. The van der Waals surface area contributed by atoms with E-state index in [1.807, 2.05) is 18.2 Å². The summed E-state index contributed by atoms with van der Waals surface area (Å²) in [4.78, 5) is 18.9. The number of nitrogens with zero attached hydrogens (tertiary/aromatic N) is 3. The van der Waals surface area contributed by atoms with Crippen molar-refractivity contribution in [3.8, 4) is 0 Å². The summed E-state index contributed by atoms with van der Waals surface area (Å²) in [7, 11) is 0. The van der Waals surface area contributed by atoms with Gasteiger partial charge >= 0.3 is 0 Å². The lowest BCUT2D eigenvalue weighted by molar-refractivity contribution is 0.465. The smallest absolute Gasteiger partial charge is 0.282 e. The minimum atomic E-state index is -0.196. The molecule has 0 fully saturated rings. The van der Waals surface area contributed by atoms with Crippen molar-refractivity contribution in [3.05, 3.63) is 85.0 Å². The maximum atomic E-state index is 13.2. The molecule has 0 saturated carbocycles. The van der Waals surface area contributed by atoms with Gasteiger partial charge in [0.1, 0.15) is 11.6 Å². The molecule has 0 N–H and O–H groups in total. The maximum Gasteiger partial charge on any atom is 0.282 e. The monoisotopic (exact) mass is 573 g/mol. The Kier molecular flexibility index (Phi) is 7.33. The van der Waals surface area contributed by atoms with E-state index in [1.54, 1.807) is 12.3 Å². The third-order valence-electron chi connectivity index (χ3n) is 4.84. The lowest BCUT2D eigenvalue weighted by Crippen LogP contribution is -2.22. The second-order valence-electron chi connectivity index (χ2n) is 7.35. The Morgan fingerprint density at radius 3 is 2.69 bits per heavy atom. The number of aryl methyl sites for hydroxylation is 2. The quantitative estimate of drug-likeness (QED) is 0.219. The molecule has 0 radical (unpaired) electrons. The van der Waals surface area contributed by atoms with E-state index < -0.39 is 0 Å². The van der Waals surface area contributed by atoms with Crippen LogP contribution in [-0.4, -0.2) is 15.9 Å². The molecule has 0 aliphatic heterocycles. The van der Waals surface area contributed by atoms with Gasteiger partial charge in [-0.2, -0.15) is 9.78 Å². The summed E-state index contributed by atoms with van der Waals surface area (Å²) in [6, 6.07) is 15.6. The van der Waals surface area contributed by atoms with Crippen LogP contribution in [0.2, 0.25) is 0 Å². The largest absolute Gasteiger partial charge is 0.447 e. The zero-order valence-corrected chi connectivity index (χ0v) is 21.6. The first-order chi connectivity index (χ1) is 15.4. The van der Waals surface area contributed by atoms with E-state index in [0.717, 1.165) is 31.8 Å². The molecule has 32 heavy (non-hydrogen) atoms. The standard InChI is InChI=1S/C24H21Br2N3O2S/c1-3-4-5-22-28-21-11-8-16(25)12-19(21)23(30)29(22)27-14-17-13-20(26)24(31-17)32-18-9-6-15(2)7-10-18/h6-14H,3-5H2,1-2H3. The van der Waals surface area contributed by atoms with Crippen LogP contribution in [-0.2, 0) is 6.42 Å². The Morgan fingerprint density at radius 2 is 1.94 bits per heavy atom. The van der Waals surface area contributed by atoms with Gasteiger partial charge in [-0.15, -0.1) is 0 Å². The first-order valence-corrected chi connectivity index (χ1v) is 12.6. The molecular formula is C24H21Br2N3O2S. The van der Waals surface area contributed by atoms with Gasteiger partial charge in [0, 0.05) is 21.9 Å². The van der Waals surface area contributed by atoms with Crippen LogP contribution in [0.3, 0.4) is 0 Å². The van der Waals surface area contributed by atoms with Crippen LogP contribution in [0, 0.1) is 6.92 Å². The molecule has 4 aromatic rings. The Labute approximate surface area is 207 Å². The molecule has 8 heteroatoms. The second kappa shape index (κ2) is 10.2. The van der Waals surface area contributed by atoms with Gasteiger partial charge in [-0.3, -0.25) is 4.79 Å². The fourth-order valence-corrected chi connectivity index (χ4v) is 4.83. The molecular weight excluding hydrogens is 554 g/mol. The molecule has 5 nitrogen and oxygen atoms in total. The third kappa shape index (κ3) is 5.24. The third-order valence-corrected chi connectivity index (χ3v) is 7.18. The summed E-state index contributed by atoms with van der Waals surface area (Å²) >= 11 is 8.51. The van der Waals surface area contributed by atoms with Crippen molar-refractivity contribution in [2.75, 3.05) is 0 Å². The zero-order chi connectivity index (χ0) is 22.7. The first kappa shape index (κ1) is 23.0. The van der Waals surface area contributed by atoms with E-state index in [1.165, 1.54) is 22.0 Å². The van der Waals surface area contributed by atoms with E-state index in [0.29, 0.717) is 28.9 Å². The molecule has 0 atom stereocenters. The summed E-state index contributed by atoms with van der Waals surface area (Å²) in [6.07, 6.45) is 4.16. The summed E-state index contributed by atoms with van der Waals surface area (Å²) in [5.41, 5.74) is 1.69. The van der Waals surface area contributed by atoms with Gasteiger partial charge in [-0.25, -0.2) is 4.98 Å². The topological polar surface area (TPSA) is 60.4 Å². The Hall–Kier alpha value is -2.16. The molecule has 4 rings (SSSR count). The number of furan rings is 1. The van der Waals surface area contributed by atoms with Crippen LogP contribution < -0.4 is 5.56 Å². The van der Waals surface area contributed by atoms with E-state index in [9.17, 15) is 4.79 Å². The minimum absolute atomic E-state index is 0.196. The van der Waals surface area contributed by atoms with E-state index in [2.05, 4.69) is 75.1 Å². The second-order valence-corrected chi connectivity index (χ2v) is 10.2. The predicted molar refractivity (Wildman–Crippen MR) is 137 cm³/mol. The Bertz CT molecular complexity index is 1340. The Morgan fingerprint density at radius 1 is 1.16 bits per heavy atom. The number of aromatic nitrogens is 2. The SMILES string of the molecule is CCCCc1nc2ccc(Br)cc2c(=O)n1N=Cc1cc(Br)c(Sc2ccc(C)cc2)o1. The van der Waals surface area contributed by atoms with Gasteiger partial charge < -0.3 is 4.42 Å². The molecule has 2 aromatic carbocycles. The summed E-state index contributed by atoms with van der Waals surface area (Å²) < 4.78 is 9.01. The van der Waals surface area contributed by atoms with Crippen molar-refractivity contribution in [1.82, 2.24) is 9.66 Å². The van der Waals surface area contributed by atoms with Gasteiger partial charge in [-0.05, 0) is 59.6 Å². The summed E-state index contributed by atoms with van der Waals surface area (Å²) in [5.74, 6) is 1.19. The molecule has 0 unspecified atom stereocenters. The van der Waals surface area contributed by atoms with Crippen LogP contribution in [0.4, 0.5) is 0 Å². The van der Waals surface area contributed by atoms with Crippen LogP contribution >= 0.6 is 43.6 Å². The molecule has 0 aliphatic rings. The van der Waals surface area contributed by atoms with Crippen molar-refractivity contribution in [3.63, 3.8) is 0 Å². The van der Waals surface area contributed by atoms with Crippen LogP contribution in [0.25, 0.3) is 10.9 Å². The van der Waals surface area contributed by atoms with Gasteiger partial charge in [0.15, 0.2) is 5.09 Å². The fraction of sp³-hybridized carbons (Fsp3) is 0.208. The van der Waals surface area contributed by atoms with E-state index in [4.69, 9.17) is 9.40 Å². The Balaban J connectivity index is 1.67. The van der Waals surface area contributed by atoms with Gasteiger partial charge in [0.2, 0.25) is 0 Å². The van der Waals surface area contributed by atoms with E-state index in [-0.39, 0.29) is 5.56 Å². The van der Waals surface area contributed by atoms with Crippen molar-refractivity contribution in [2.24, 2.45) is 5.10 Å². The number of benzene rings is 2. The van der Waals surface area contributed by atoms with Crippen molar-refractivity contribution in [2.45, 2.75) is 43.1 Å². The zero-order valence-electron chi connectivity index (χ0n) is 17.6. The van der Waals surface area contributed by atoms with Crippen LogP contribution in [0.5, 0.6) is 0 Å². The van der Waals surface area contributed by atoms with Crippen molar-refractivity contribution < 1.29 is 4.42 Å². The molecule has 0 saturated heterocycles. The van der Waals surface area contributed by atoms with Gasteiger partial charge in [-0.1, -0.05) is 58.7 Å². The number of rotatable bonds is 7. The van der Waals surface area contributed by atoms with Gasteiger partial charge in [0.05, 0.1) is 21.6 Å². The molecule has 0 spiro atoms. The lowest BCUT2D eigenvalue weighted by Gasteiger charge is -2.08. The first-order valence-electron chi connectivity index (χ1n) is 10.2.